The molecule has 8 heteroatoms. The average molecular weight is 427 g/mol. The summed E-state index contributed by atoms with van der Waals surface area (Å²) in [5.41, 5.74) is 1.09. The molecule has 140 valence electrons. The third kappa shape index (κ3) is 5.13. The maximum absolute atomic E-state index is 13.5. The molecule has 0 aromatic heterocycles. The van der Waals surface area contributed by atoms with Crippen LogP contribution in [0.15, 0.2) is 36.4 Å². The van der Waals surface area contributed by atoms with Gasteiger partial charge in [0.05, 0.1) is 16.0 Å². The molecule has 0 saturated heterocycles. The first kappa shape index (κ1) is 21.0. The Labute approximate surface area is 163 Å². The van der Waals surface area contributed by atoms with Gasteiger partial charge in [0.1, 0.15) is 0 Å². The van der Waals surface area contributed by atoms with Crippen LogP contribution in [0.25, 0.3) is 6.08 Å². The molecule has 0 spiro atoms. The van der Waals surface area contributed by atoms with Crippen LogP contribution in [-0.4, -0.2) is 13.2 Å². The zero-order chi connectivity index (χ0) is 19.5. The van der Waals surface area contributed by atoms with Crippen molar-refractivity contribution in [3.05, 3.63) is 74.0 Å². The second-order valence-corrected chi connectivity index (χ2v) is 6.78. The minimum absolute atomic E-state index is 0.247. The first-order valence-corrected chi connectivity index (χ1v) is 8.59. The molecule has 0 heterocycles. The molecule has 2 aromatic carbocycles. The Morgan fingerprint density at radius 2 is 1.65 bits per heavy atom. The zero-order valence-corrected chi connectivity index (χ0v) is 15.7. The molecule has 26 heavy (non-hydrogen) atoms. The van der Waals surface area contributed by atoms with Crippen molar-refractivity contribution in [1.82, 2.24) is 5.32 Å². The fraction of sp³-hybridized carbons (Fsp3) is 0.222. The van der Waals surface area contributed by atoms with Crippen LogP contribution in [0.2, 0.25) is 15.1 Å². The summed E-state index contributed by atoms with van der Waals surface area (Å²) in [5, 5.41) is 2.46. The minimum Gasteiger partial charge on any atom is -0.316 e. The highest BCUT2D eigenvalue weighted by atomic mass is 35.5. The summed E-state index contributed by atoms with van der Waals surface area (Å²) in [5.74, 6) is -2.94. The van der Waals surface area contributed by atoms with E-state index in [4.69, 9.17) is 34.8 Å². The lowest BCUT2D eigenvalue weighted by molar-refractivity contribution is -0.139. The van der Waals surface area contributed by atoms with Gasteiger partial charge in [0.25, 0.3) is 0 Å². The fourth-order valence-electron chi connectivity index (χ4n) is 2.37. The summed E-state index contributed by atoms with van der Waals surface area (Å²) in [6, 6.07) is 6.81. The van der Waals surface area contributed by atoms with Crippen molar-refractivity contribution < 1.29 is 17.6 Å². The summed E-state index contributed by atoms with van der Waals surface area (Å²) in [4.78, 5) is 0. The number of benzene rings is 2. The number of alkyl halides is 3. The summed E-state index contributed by atoms with van der Waals surface area (Å²) >= 11 is 17.4. The van der Waals surface area contributed by atoms with Crippen molar-refractivity contribution in [2.45, 2.75) is 18.6 Å². The molecule has 0 aliphatic heterocycles. The summed E-state index contributed by atoms with van der Waals surface area (Å²) in [7, 11) is 1.76. The lowest BCUT2D eigenvalue weighted by Crippen LogP contribution is -2.19. The summed E-state index contributed by atoms with van der Waals surface area (Å²) in [6.45, 7) is 0.542. The van der Waals surface area contributed by atoms with E-state index in [2.05, 4.69) is 5.32 Å². The van der Waals surface area contributed by atoms with Gasteiger partial charge in [0, 0.05) is 11.6 Å². The first-order chi connectivity index (χ1) is 12.1. The number of hydrogen-bond acceptors (Lipinski definition) is 1. The van der Waals surface area contributed by atoms with Crippen molar-refractivity contribution in [2.75, 3.05) is 7.05 Å². The second kappa shape index (κ2) is 8.61. The Bertz CT molecular complexity index is 796. The maximum Gasteiger partial charge on any atom is 0.399 e. The topological polar surface area (TPSA) is 12.0 Å². The predicted molar refractivity (Wildman–Crippen MR) is 98.5 cm³/mol. The van der Waals surface area contributed by atoms with Crippen LogP contribution in [0.4, 0.5) is 17.6 Å². The van der Waals surface area contributed by atoms with Crippen molar-refractivity contribution in [2.24, 2.45) is 0 Å². The standard InChI is InChI=1S/C18H14Cl3F4N/c1-26-9-11-4-2-10(6-14(11)19)3-5-13(18(23,24)25)12-7-15(20)17(22)16(21)8-12/h2-8,13,26H,9H2,1H3/b5-3+. The molecule has 0 amide bonds. The van der Waals surface area contributed by atoms with E-state index in [-0.39, 0.29) is 5.56 Å². The normalized spacial score (nSPS) is 13.4. The second-order valence-electron chi connectivity index (χ2n) is 5.56. The Hall–Kier alpha value is -1.27. The molecule has 1 nitrogen and oxygen atoms in total. The maximum atomic E-state index is 13.5. The van der Waals surface area contributed by atoms with Crippen LogP contribution in [0, 0.1) is 5.82 Å². The lowest BCUT2D eigenvalue weighted by Gasteiger charge is -2.18. The van der Waals surface area contributed by atoms with E-state index < -0.39 is 28.0 Å². The van der Waals surface area contributed by atoms with Gasteiger partial charge in [0.2, 0.25) is 0 Å². The first-order valence-electron chi connectivity index (χ1n) is 7.46. The molecule has 2 rings (SSSR count). The zero-order valence-electron chi connectivity index (χ0n) is 13.5. The van der Waals surface area contributed by atoms with E-state index in [0.717, 1.165) is 23.8 Å². The van der Waals surface area contributed by atoms with E-state index in [1.54, 1.807) is 25.2 Å². The molecule has 0 bridgehead atoms. The highest BCUT2D eigenvalue weighted by molar-refractivity contribution is 6.35. The molecule has 1 atom stereocenters. The Morgan fingerprint density at radius 1 is 1.04 bits per heavy atom. The highest BCUT2D eigenvalue weighted by Gasteiger charge is 2.39. The third-order valence-corrected chi connectivity index (χ3v) is 4.55. The van der Waals surface area contributed by atoms with Gasteiger partial charge in [-0.05, 0) is 41.9 Å². The SMILES string of the molecule is CNCc1ccc(/C=C/C(c2cc(Cl)c(F)c(Cl)c2)C(F)(F)F)cc1Cl. The average Bonchev–Trinajstić information content (AvgIpc) is 2.54. The highest BCUT2D eigenvalue weighted by Crippen LogP contribution is 2.39. The van der Waals surface area contributed by atoms with Crippen LogP contribution in [0.3, 0.4) is 0 Å². The van der Waals surface area contributed by atoms with Gasteiger partial charge in [-0.2, -0.15) is 13.2 Å². The van der Waals surface area contributed by atoms with Crippen LogP contribution in [0.5, 0.6) is 0 Å². The molecule has 0 saturated carbocycles. The number of halogens is 7. The summed E-state index contributed by atoms with van der Waals surface area (Å²) in [6.07, 6.45) is -2.33. The van der Waals surface area contributed by atoms with Gasteiger partial charge in [-0.25, -0.2) is 4.39 Å². The molecule has 1 N–H and O–H groups in total. The smallest absolute Gasteiger partial charge is 0.316 e. The molecule has 0 aliphatic carbocycles. The fourth-order valence-corrected chi connectivity index (χ4v) is 3.13. The van der Waals surface area contributed by atoms with E-state index >= 15 is 0 Å². The van der Waals surface area contributed by atoms with Crippen molar-refractivity contribution in [3.63, 3.8) is 0 Å². The van der Waals surface area contributed by atoms with Crippen LogP contribution < -0.4 is 5.32 Å². The molecule has 2 aromatic rings. The molecule has 0 aliphatic rings. The summed E-state index contributed by atoms with van der Waals surface area (Å²) < 4.78 is 53.8. The van der Waals surface area contributed by atoms with Gasteiger partial charge in [-0.1, -0.05) is 59.1 Å². The van der Waals surface area contributed by atoms with E-state index in [0.29, 0.717) is 17.1 Å². The number of rotatable bonds is 5. The van der Waals surface area contributed by atoms with Gasteiger partial charge < -0.3 is 5.32 Å². The Kier molecular flexibility index (Phi) is 6.97. The predicted octanol–water partition coefficient (Wildman–Crippen LogP) is 6.86. The molecule has 0 fully saturated rings. The van der Waals surface area contributed by atoms with Crippen LogP contribution in [0.1, 0.15) is 22.6 Å². The van der Waals surface area contributed by atoms with Crippen molar-refractivity contribution >= 4 is 40.9 Å². The quantitative estimate of drug-likeness (QED) is 0.406. The monoisotopic (exact) mass is 425 g/mol. The largest absolute Gasteiger partial charge is 0.399 e. The minimum atomic E-state index is -4.60. The molecule has 1 unspecified atom stereocenters. The number of allylic oxidation sites excluding steroid dienone is 1. The van der Waals surface area contributed by atoms with E-state index in [9.17, 15) is 17.6 Å². The van der Waals surface area contributed by atoms with Crippen LogP contribution >= 0.6 is 34.8 Å². The molecule has 0 radical (unpaired) electrons. The third-order valence-electron chi connectivity index (χ3n) is 3.64. The van der Waals surface area contributed by atoms with Gasteiger partial charge >= 0.3 is 6.18 Å². The van der Waals surface area contributed by atoms with Crippen molar-refractivity contribution in [1.29, 1.82) is 0 Å². The Morgan fingerprint density at radius 3 is 2.15 bits per heavy atom. The van der Waals surface area contributed by atoms with E-state index in [1.165, 1.54) is 6.08 Å². The van der Waals surface area contributed by atoms with Gasteiger partial charge in [-0.3, -0.25) is 0 Å². The Balaban J connectivity index is 2.38. The van der Waals surface area contributed by atoms with Gasteiger partial charge in [0.15, 0.2) is 5.82 Å². The lowest BCUT2D eigenvalue weighted by atomic mass is 9.97. The molecular weight excluding hydrogens is 413 g/mol. The number of hydrogen-bond donors (Lipinski definition) is 1. The van der Waals surface area contributed by atoms with Crippen LogP contribution in [-0.2, 0) is 6.54 Å². The van der Waals surface area contributed by atoms with E-state index in [1.807, 2.05) is 0 Å². The van der Waals surface area contributed by atoms with Gasteiger partial charge in [-0.15, -0.1) is 0 Å². The van der Waals surface area contributed by atoms with Crippen molar-refractivity contribution in [3.8, 4) is 0 Å². The molecular formula is C18H14Cl3F4N. The number of nitrogens with one attached hydrogen (secondary N) is 1.